The van der Waals surface area contributed by atoms with E-state index in [9.17, 15) is 9.18 Å². The lowest BCUT2D eigenvalue weighted by Crippen LogP contribution is -2.23. The summed E-state index contributed by atoms with van der Waals surface area (Å²) in [6.07, 6.45) is 0. The van der Waals surface area contributed by atoms with Crippen molar-refractivity contribution < 1.29 is 9.18 Å². The van der Waals surface area contributed by atoms with Gasteiger partial charge in [0.1, 0.15) is 5.82 Å². The van der Waals surface area contributed by atoms with Crippen molar-refractivity contribution in [2.75, 3.05) is 0 Å². The van der Waals surface area contributed by atoms with E-state index < -0.39 is 5.82 Å². The molecule has 2 aromatic rings. The summed E-state index contributed by atoms with van der Waals surface area (Å²) >= 11 is 17.4. The van der Waals surface area contributed by atoms with Gasteiger partial charge in [-0.15, -0.1) is 0 Å². The molecule has 0 saturated carbocycles. The quantitative estimate of drug-likeness (QED) is 0.866. The normalized spacial score (nSPS) is 10.4. The summed E-state index contributed by atoms with van der Waals surface area (Å²) in [5.74, 6) is -0.863. The molecule has 0 atom stereocenters. The first-order valence-electron chi connectivity index (χ1n) is 5.64. The molecular formula is C14H9Cl3FNO. The number of carbonyl (C=O) groups is 1. The van der Waals surface area contributed by atoms with Gasteiger partial charge in [-0.2, -0.15) is 0 Å². The van der Waals surface area contributed by atoms with E-state index in [0.717, 1.165) is 0 Å². The molecule has 1 amide bonds. The molecule has 1 N–H and O–H groups in total. The Bertz CT molecular complexity index is 661. The molecule has 0 aliphatic heterocycles. The lowest BCUT2D eigenvalue weighted by atomic mass is 10.2. The maximum atomic E-state index is 13.0. The smallest absolute Gasteiger partial charge is 0.253 e. The van der Waals surface area contributed by atoms with Crippen LogP contribution in [0.2, 0.25) is 15.1 Å². The molecule has 2 aromatic carbocycles. The Hall–Kier alpha value is -1.29. The fourth-order valence-corrected chi connectivity index (χ4v) is 2.18. The molecule has 0 fully saturated rings. The highest BCUT2D eigenvalue weighted by molar-refractivity contribution is 6.35. The number of halogens is 4. The number of amides is 1. The van der Waals surface area contributed by atoms with Crippen molar-refractivity contribution in [1.82, 2.24) is 5.32 Å². The third kappa shape index (κ3) is 3.63. The molecule has 0 spiro atoms. The van der Waals surface area contributed by atoms with Gasteiger partial charge in [-0.3, -0.25) is 4.79 Å². The minimum absolute atomic E-state index is 0.0116. The van der Waals surface area contributed by atoms with E-state index in [2.05, 4.69) is 5.32 Å². The van der Waals surface area contributed by atoms with Crippen LogP contribution in [0.3, 0.4) is 0 Å². The van der Waals surface area contributed by atoms with Gasteiger partial charge in [-0.25, -0.2) is 4.39 Å². The summed E-state index contributed by atoms with van der Waals surface area (Å²) in [6, 6.07) is 8.87. The van der Waals surface area contributed by atoms with Crippen LogP contribution in [0.4, 0.5) is 4.39 Å². The van der Waals surface area contributed by atoms with Crippen LogP contribution in [-0.4, -0.2) is 5.91 Å². The Kier molecular flexibility index (Phi) is 4.86. The zero-order valence-corrected chi connectivity index (χ0v) is 12.4. The van der Waals surface area contributed by atoms with E-state index in [0.29, 0.717) is 15.6 Å². The van der Waals surface area contributed by atoms with Crippen molar-refractivity contribution >= 4 is 40.7 Å². The SMILES string of the molecule is O=C(NCc1ccc(F)c(Cl)c1)c1cc(Cl)ccc1Cl. The molecule has 0 aromatic heterocycles. The van der Waals surface area contributed by atoms with Crippen molar-refractivity contribution in [3.8, 4) is 0 Å². The second kappa shape index (κ2) is 6.44. The predicted molar refractivity (Wildman–Crippen MR) is 79.0 cm³/mol. The largest absolute Gasteiger partial charge is 0.348 e. The molecule has 2 nitrogen and oxygen atoms in total. The van der Waals surface area contributed by atoms with E-state index in [4.69, 9.17) is 34.8 Å². The van der Waals surface area contributed by atoms with Crippen LogP contribution in [-0.2, 0) is 6.54 Å². The summed E-state index contributed by atoms with van der Waals surface area (Å²) in [5.41, 5.74) is 0.968. The van der Waals surface area contributed by atoms with E-state index in [1.807, 2.05) is 0 Å². The molecule has 104 valence electrons. The highest BCUT2D eigenvalue weighted by Gasteiger charge is 2.11. The first-order chi connectivity index (χ1) is 9.47. The first-order valence-corrected chi connectivity index (χ1v) is 6.78. The molecule has 2 rings (SSSR count). The summed E-state index contributed by atoms with van der Waals surface area (Å²) in [7, 11) is 0. The van der Waals surface area contributed by atoms with Crippen LogP contribution < -0.4 is 5.32 Å². The fraction of sp³-hybridized carbons (Fsp3) is 0.0714. The number of hydrogen-bond donors (Lipinski definition) is 1. The first kappa shape index (κ1) is 15.1. The molecule has 6 heteroatoms. The van der Waals surface area contributed by atoms with Gasteiger partial charge in [-0.1, -0.05) is 40.9 Å². The molecule has 0 heterocycles. The van der Waals surface area contributed by atoms with E-state index in [1.54, 1.807) is 18.2 Å². The predicted octanol–water partition coefficient (Wildman–Crippen LogP) is 4.72. The Morgan fingerprint density at radius 1 is 1.05 bits per heavy atom. The number of hydrogen-bond acceptors (Lipinski definition) is 1. The Morgan fingerprint density at radius 2 is 1.80 bits per heavy atom. The monoisotopic (exact) mass is 331 g/mol. The van der Waals surface area contributed by atoms with E-state index in [1.165, 1.54) is 18.2 Å². The highest BCUT2D eigenvalue weighted by Crippen LogP contribution is 2.21. The molecule has 20 heavy (non-hydrogen) atoms. The minimum atomic E-state index is -0.500. The van der Waals surface area contributed by atoms with Gasteiger partial charge in [0.25, 0.3) is 5.91 Å². The second-order valence-corrected chi connectivity index (χ2v) is 5.31. The third-order valence-corrected chi connectivity index (χ3v) is 3.46. The highest BCUT2D eigenvalue weighted by atomic mass is 35.5. The third-order valence-electron chi connectivity index (χ3n) is 2.61. The number of nitrogens with one attached hydrogen (secondary N) is 1. The maximum absolute atomic E-state index is 13.0. The van der Waals surface area contributed by atoms with Gasteiger partial charge in [-0.05, 0) is 35.9 Å². The van der Waals surface area contributed by atoms with Crippen LogP contribution in [0.15, 0.2) is 36.4 Å². The molecule has 0 radical (unpaired) electrons. The van der Waals surface area contributed by atoms with Crippen LogP contribution in [0.25, 0.3) is 0 Å². The van der Waals surface area contributed by atoms with Crippen LogP contribution in [0, 0.1) is 5.82 Å². The van der Waals surface area contributed by atoms with Gasteiger partial charge in [0.2, 0.25) is 0 Å². The van der Waals surface area contributed by atoms with Crippen LogP contribution in [0.1, 0.15) is 15.9 Å². The topological polar surface area (TPSA) is 29.1 Å². The Labute approximate surface area is 130 Å². The van der Waals surface area contributed by atoms with E-state index >= 15 is 0 Å². The average molecular weight is 333 g/mol. The van der Waals surface area contributed by atoms with E-state index in [-0.39, 0.29) is 23.0 Å². The van der Waals surface area contributed by atoms with Gasteiger partial charge < -0.3 is 5.32 Å². The molecular weight excluding hydrogens is 324 g/mol. The number of carbonyl (C=O) groups excluding carboxylic acids is 1. The molecule has 0 saturated heterocycles. The van der Waals surface area contributed by atoms with Crippen molar-refractivity contribution in [1.29, 1.82) is 0 Å². The number of rotatable bonds is 3. The van der Waals surface area contributed by atoms with Crippen LogP contribution >= 0.6 is 34.8 Å². The fourth-order valence-electron chi connectivity index (χ4n) is 1.60. The van der Waals surface area contributed by atoms with Crippen molar-refractivity contribution in [2.45, 2.75) is 6.54 Å². The summed E-state index contributed by atoms with van der Waals surface area (Å²) < 4.78 is 13.0. The molecule has 0 aliphatic carbocycles. The summed E-state index contributed by atoms with van der Waals surface area (Å²) in [5, 5.41) is 3.41. The molecule has 0 aliphatic rings. The van der Waals surface area contributed by atoms with Crippen molar-refractivity contribution in [3.63, 3.8) is 0 Å². The summed E-state index contributed by atoms with van der Waals surface area (Å²) in [4.78, 5) is 12.0. The Morgan fingerprint density at radius 3 is 2.50 bits per heavy atom. The molecule has 0 unspecified atom stereocenters. The lowest BCUT2D eigenvalue weighted by Gasteiger charge is -2.08. The minimum Gasteiger partial charge on any atom is -0.348 e. The molecule has 0 bridgehead atoms. The van der Waals surface area contributed by atoms with Crippen LogP contribution in [0.5, 0.6) is 0 Å². The zero-order valence-electron chi connectivity index (χ0n) is 10.1. The summed E-state index contributed by atoms with van der Waals surface area (Å²) in [6.45, 7) is 0.210. The number of benzene rings is 2. The standard InChI is InChI=1S/C14H9Cl3FNO/c15-9-2-3-11(16)10(6-9)14(20)19-7-8-1-4-13(18)12(17)5-8/h1-6H,7H2,(H,19,20). The van der Waals surface area contributed by atoms with Crippen molar-refractivity contribution in [2.24, 2.45) is 0 Å². The second-order valence-electron chi connectivity index (χ2n) is 4.06. The lowest BCUT2D eigenvalue weighted by molar-refractivity contribution is 0.0951. The Balaban J connectivity index is 2.08. The average Bonchev–Trinajstić information content (AvgIpc) is 2.42. The van der Waals surface area contributed by atoms with Gasteiger partial charge in [0.15, 0.2) is 0 Å². The maximum Gasteiger partial charge on any atom is 0.253 e. The van der Waals surface area contributed by atoms with Gasteiger partial charge in [0, 0.05) is 11.6 Å². The van der Waals surface area contributed by atoms with Crippen molar-refractivity contribution in [3.05, 3.63) is 68.4 Å². The van der Waals surface area contributed by atoms with Gasteiger partial charge >= 0.3 is 0 Å². The van der Waals surface area contributed by atoms with Gasteiger partial charge in [0.05, 0.1) is 15.6 Å². The zero-order chi connectivity index (χ0) is 14.7.